The molecule has 1 saturated heterocycles. The number of imidazole rings is 1. The van der Waals surface area contributed by atoms with Gasteiger partial charge in [0, 0.05) is 32.0 Å². The van der Waals surface area contributed by atoms with Crippen molar-refractivity contribution in [3.8, 4) is 0 Å². The zero-order chi connectivity index (χ0) is 19.2. The number of nitrogens with one attached hydrogen (secondary N) is 2. The average Bonchev–Trinajstić information content (AvgIpc) is 3.17. The maximum absolute atomic E-state index is 12.4. The Kier molecular flexibility index (Phi) is 5.85. The van der Waals surface area contributed by atoms with E-state index >= 15 is 0 Å². The Morgan fingerprint density at radius 3 is 2.70 bits per heavy atom. The molecule has 0 bridgehead atoms. The minimum absolute atomic E-state index is 0.0602. The molecular weight excluding hydrogens is 346 g/mol. The summed E-state index contributed by atoms with van der Waals surface area (Å²) in [6.45, 7) is 3.22. The summed E-state index contributed by atoms with van der Waals surface area (Å²) in [7, 11) is 0. The van der Waals surface area contributed by atoms with Crippen molar-refractivity contribution in [2.24, 2.45) is 0 Å². The molecule has 3 rings (SSSR count). The fourth-order valence-electron chi connectivity index (χ4n) is 3.03. The topological polar surface area (TPSA) is 96.3 Å². The highest BCUT2D eigenvalue weighted by Crippen LogP contribution is 2.11. The maximum atomic E-state index is 12.4. The van der Waals surface area contributed by atoms with Gasteiger partial charge >= 0.3 is 6.03 Å². The van der Waals surface area contributed by atoms with Crippen molar-refractivity contribution in [2.75, 3.05) is 13.1 Å². The van der Waals surface area contributed by atoms with Crippen molar-refractivity contribution in [2.45, 2.75) is 32.4 Å². The third-order valence-corrected chi connectivity index (χ3v) is 4.56. The van der Waals surface area contributed by atoms with Crippen LogP contribution >= 0.6 is 0 Å². The number of carbonyl (C=O) groups excluding carboxylic acids is 3. The molecule has 1 aliphatic heterocycles. The van der Waals surface area contributed by atoms with Gasteiger partial charge in [0.15, 0.2) is 0 Å². The van der Waals surface area contributed by atoms with Crippen LogP contribution in [0.4, 0.5) is 4.79 Å². The number of imide groups is 1. The van der Waals surface area contributed by atoms with Crippen LogP contribution in [0.2, 0.25) is 0 Å². The maximum Gasteiger partial charge on any atom is 0.324 e. The molecule has 0 radical (unpaired) electrons. The molecule has 1 fully saturated rings. The number of urea groups is 1. The first-order valence-electron chi connectivity index (χ1n) is 8.95. The molecule has 4 amide bonds. The Labute approximate surface area is 157 Å². The number of benzene rings is 1. The van der Waals surface area contributed by atoms with E-state index < -0.39 is 12.1 Å². The first kappa shape index (κ1) is 18.6. The molecule has 2 N–H and O–H groups in total. The SMILES string of the molecule is Cc1nccn1CCNC(=O)C[C@H]1NC(=O)N(CCc2ccccc2)C1=O. The summed E-state index contributed by atoms with van der Waals surface area (Å²) in [5.74, 6) is 0.254. The van der Waals surface area contributed by atoms with E-state index in [0.717, 1.165) is 11.4 Å². The van der Waals surface area contributed by atoms with Crippen LogP contribution in [0.15, 0.2) is 42.7 Å². The van der Waals surface area contributed by atoms with Crippen molar-refractivity contribution in [1.29, 1.82) is 0 Å². The van der Waals surface area contributed by atoms with Crippen molar-refractivity contribution in [3.63, 3.8) is 0 Å². The van der Waals surface area contributed by atoms with Crippen LogP contribution in [0.5, 0.6) is 0 Å². The van der Waals surface area contributed by atoms with Gasteiger partial charge in [-0.15, -0.1) is 0 Å². The molecule has 1 aliphatic rings. The van der Waals surface area contributed by atoms with Crippen LogP contribution in [-0.2, 0) is 22.6 Å². The Hall–Kier alpha value is -3.16. The van der Waals surface area contributed by atoms with Gasteiger partial charge in [-0.2, -0.15) is 0 Å². The molecule has 8 heteroatoms. The van der Waals surface area contributed by atoms with Gasteiger partial charge < -0.3 is 15.2 Å². The molecule has 0 aliphatic carbocycles. The Morgan fingerprint density at radius 1 is 1.22 bits per heavy atom. The number of carbonyl (C=O) groups is 3. The van der Waals surface area contributed by atoms with Crippen LogP contribution in [0.3, 0.4) is 0 Å². The molecule has 27 heavy (non-hydrogen) atoms. The lowest BCUT2D eigenvalue weighted by atomic mass is 10.1. The quantitative estimate of drug-likeness (QED) is 0.675. The molecule has 1 atom stereocenters. The highest BCUT2D eigenvalue weighted by molar-refractivity contribution is 6.05. The zero-order valence-electron chi connectivity index (χ0n) is 15.2. The van der Waals surface area contributed by atoms with E-state index in [1.54, 1.807) is 6.20 Å². The number of nitrogens with zero attached hydrogens (tertiary/aromatic N) is 3. The zero-order valence-corrected chi connectivity index (χ0v) is 15.2. The third kappa shape index (κ3) is 4.72. The highest BCUT2D eigenvalue weighted by Gasteiger charge is 2.38. The number of hydrogen-bond donors (Lipinski definition) is 2. The first-order chi connectivity index (χ1) is 13.0. The van der Waals surface area contributed by atoms with E-state index in [1.165, 1.54) is 4.90 Å². The number of aryl methyl sites for hydroxylation is 1. The number of aromatic nitrogens is 2. The molecule has 2 heterocycles. The van der Waals surface area contributed by atoms with E-state index in [-0.39, 0.29) is 18.2 Å². The number of hydrogen-bond acceptors (Lipinski definition) is 4. The van der Waals surface area contributed by atoms with E-state index in [9.17, 15) is 14.4 Å². The first-order valence-corrected chi connectivity index (χ1v) is 8.95. The summed E-state index contributed by atoms with van der Waals surface area (Å²) in [4.78, 5) is 41.9. The van der Waals surface area contributed by atoms with Crippen molar-refractivity contribution in [1.82, 2.24) is 25.1 Å². The molecule has 142 valence electrons. The van der Waals surface area contributed by atoms with E-state index in [2.05, 4.69) is 15.6 Å². The minimum Gasteiger partial charge on any atom is -0.354 e. The molecule has 0 unspecified atom stereocenters. The Bertz CT molecular complexity index is 818. The predicted octanol–water partition coefficient (Wildman–Crippen LogP) is 0.861. The number of rotatable bonds is 8. The Morgan fingerprint density at radius 2 is 2.00 bits per heavy atom. The molecule has 1 aromatic carbocycles. The van der Waals surface area contributed by atoms with Gasteiger partial charge in [-0.05, 0) is 18.9 Å². The minimum atomic E-state index is -0.803. The second kappa shape index (κ2) is 8.48. The lowest BCUT2D eigenvalue weighted by Crippen LogP contribution is -2.37. The standard InChI is InChI=1S/C19H23N5O3/c1-14-20-8-11-23(14)12-9-21-17(25)13-16-18(26)24(19(27)22-16)10-7-15-5-3-2-4-6-15/h2-6,8,11,16H,7,9-10,12-13H2,1H3,(H,21,25)(H,22,27)/t16-/m1/s1. The monoisotopic (exact) mass is 369 g/mol. The molecule has 0 saturated carbocycles. The molecular formula is C19H23N5O3. The summed E-state index contributed by atoms with van der Waals surface area (Å²) in [5.41, 5.74) is 1.05. The summed E-state index contributed by atoms with van der Waals surface area (Å²) in [6.07, 6.45) is 4.07. The highest BCUT2D eigenvalue weighted by atomic mass is 16.2. The van der Waals surface area contributed by atoms with Crippen LogP contribution < -0.4 is 10.6 Å². The summed E-state index contributed by atoms with van der Waals surface area (Å²) >= 11 is 0. The summed E-state index contributed by atoms with van der Waals surface area (Å²) in [6, 6.07) is 8.40. The second-order valence-electron chi connectivity index (χ2n) is 6.45. The molecule has 8 nitrogen and oxygen atoms in total. The van der Waals surface area contributed by atoms with E-state index in [0.29, 0.717) is 26.1 Å². The predicted molar refractivity (Wildman–Crippen MR) is 98.8 cm³/mol. The van der Waals surface area contributed by atoms with Crippen LogP contribution in [-0.4, -0.2) is 51.4 Å². The smallest absolute Gasteiger partial charge is 0.324 e. The largest absolute Gasteiger partial charge is 0.354 e. The normalized spacial score (nSPS) is 16.5. The summed E-state index contributed by atoms with van der Waals surface area (Å²) in [5, 5.41) is 5.37. The van der Waals surface area contributed by atoms with Gasteiger partial charge in [-0.25, -0.2) is 9.78 Å². The fraction of sp³-hybridized carbons (Fsp3) is 0.368. The van der Waals surface area contributed by atoms with Gasteiger partial charge in [-0.1, -0.05) is 30.3 Å². The molecule has 2 aromatic rings. The van der Waals surface area contributed by atoms with E-state index in [4.69, 9.17) is 0 Å². The van der Waals surface area contributed by atoms with Gasteiger partial charge in [0.25, 0.3) is 5.91 Å². The average molecular weight is 369 g/mol. The number of amides is 4. The van der Waals surface area contributed by atoms with E-state index in [1.807, 2.05) is 48.0 Å². The van der Waals surface area contributed by atoms with Crippen LogP contribution in [0, 0.1) is 6.92 Å². The lowest BCUT2D eigenvalue weighted by Gasteiger charge is -2.13. The third-order valence-electron chi connectivity index (χ3n) is 4.56. The van der Waals surface area contributed by atoms with Crippen LogP contribution in [0.25, 0.3) is 0 Å². The van der Waals surface area contributed by atoms with Crippen molar-refractivity contribution in [3.05, 3.63) is 54.1 Å². The van der Waals surface area contributed by atoms with Gasteiger partial charge in [0.05, 0.1) is 6.42 Å². The van der Waals surface area contributed by atoms with Crippen molar-refractivity contribution >= 4 is 17.8 Å². The van der Waals surface area contributed by atoms with Gasteiger partial charge in [0.1, 0.15) is 11.9 Å². The summed E-state index contributed by atoms with van der Waals surface area (Å²) < 4.78 is 1.92. The molecule has 1 aromatic heterocycles. The second-order valence-corrected chi connectivity index (χ2v) is 6.45. The van der Waals surface area contributed by atoms with Crippen molar-refractivity contribution < 1.29 is 14.4 Å². The van der Waals surface area contributed by atoms with Gasteiger partial charge in [0.2, 0.25) is 5.91 Å². The fourth-order valence-corrected chi connectivity index (χ4v) is 3.03. The Balaban J connectivity index is 1.44. The van der Waals surface area contributed by atoms with Crippen LogP contribution in [0.1, 0.15) is 17.8 Å². The molecule has 0 spiro atoms. The lowest BCUT2D eigenvalue weighted by molar-refractivity contribution is -0.130. The van der Waals surface area contributed by atoms with Gasteiger partial charge in [-0.3, -0.25) is 14.5 Å².